The zero-order chi connectivity index (χ0) is 40.3. The molecule has 0 atom stereocenters. The number of allylic oxidation sites excluding steroid dienone is 3. The summed E-state index contributed by atoms with van der Waals surface area (Å²) in [6.07, 6.45) is 22.1. The van der Waals surface area contributed by atoms with Crippen molar-refractivity contribution in [2.75, 3.05) is 0 Å². The molecule has 0 saturated heterocycles. The van der Waals surface area contributed by atoms with Gasteiger partial charge in [0, 0.05) is 85.8 Å². The highest BCUT2D eigenvalue weighted by atomic mass is 15.0. The number of rotatable bonds is 12. The minimum absolute atomic E-state index is 0.896. The van der Waals surface area contributed by atoms with Gasteiger partial charge in [-0.05, 0) is 136 Å². The molecule has 0 unspecified atom stereocenters. The van der Waals surface area contributed by atoms with E-state index in [1.54, 1.807) is 0 Å². The van der Waals surface area contributed by atoms with Gasteiger partial charge in [0.1, 0.15) is 0 Å². The van der Waals surface area contributed by atoms with Crippen LogP contribution < -0.4 is 0 Å². The second-order valence-electron chi connectivity index (χ2n) is 15.1. The first-order valence-corrected chi connectivity index (χ1v) is 20.7. The van der Waals surface area contributed by atoms with Crippen molar-refractivity contribution in [3.8, 4) is 0 Å². The second kappa shape index (κ2) is 16.5. The molecule has 3 heteroatoms. The summed E-state index contributed by atoms with van der Waals surface area (Å²) in [5, 5.41) is 5.14. The summed E-state index contributed by atoms with van der Waals surface area (Å²) < 4.78 is 7.16. The Bertz CT molecular complexity index is 3000. The molecule has 0 radical (unpaired) electrons. The van der Waals surface area contributed by atoms with Gasteiger partial charge in [0.2, 0.25) is 0 Å². The SMILES string of the molecule is C=Cc1c(/C=C\C)c2cc(/C=C/c3cc(/C=C/C(C)=C/c4c(C)n(CC)c5ccccc45)cc(/C=C/c4ccc5c(c4)c4ccccc4n5CC)c3)ccc2n1CC. The lowest BCUT2D eigenvalue weighted by Gasteiger charge is -2.05. The van der Waals surface area contributed by atoms with Gasteiger partial charge in [0.05, 0.1) is 0 Å². The lowest BCUT2D eigenvalue weighted by Crippen LogP contribution is -1.96. The Labute approximate surface area is 343 Å². The van der Waals surface area contributed by atoms with Crippen molar-refractivity contribution in [3.05, 3.63) is 178 Å². The summed E-state index contributed by atoms with van der Waals surface area (Å²) in [7, 11) is 0. The summed E-state index contributed by atoms with van der Waals surface area (Å²) >= 11 is 0. The maximum atomic E-state index is 4.14. The van der Waals surface area contributed by atoms with Gasteiger partial charge in [-0.3, -0.25) is 0 Å². The first-order chi connectivity index (χ1) is 28.3. The van der Waals surface area contributed by atoms with E-state index in [1.165, 1.54) is 82.8 Å². The molecular formula is C55H53N3. The molecule has 0 bridgehead atoms. The average molecular weight is 756 g/mol. The maximum absolute atomic E-state index is 4.14. The van der Waals surface area contributed by atoms with E-state index < -0.39 is 0 Å². The molecule has 3 aromatic heterocycles. The van der Waals surface area contributed by atoms with E-state index in [4.69, 9.17) is 0 Å². The number of nitrogens with zero attached hydrogens (tertiary/aromatic N) is 3. The molecule has 0 aliphatic heterocycles. The molecule has 3 heterocycles. The molecule has 0 saturated carbocycles. The first-order valence-electron chi connectivity index (χ1n) is 20.7. The Morgan fingerprint density at radius 2 is 1.03 bits per heavy atom. The van der Waals surface area contributed by atoms with Crippen LogP contribution in [0.4, 0.5) is 0 Å². The normalized spacial score (nSPS) is 12.8. The lowest BCUT2D eigenvalue weighted by molar-refractivity contribution is 0.768. The first kappa shape index (κ1) is 38.3. The van der Waals surface area contributed by atoms with E-state index in [-0.39, 0.29) is 0 Å². The molecule has 3 nitrogen and oxygen atoms in total. The molecule has 0 aliphatic rings. The van der Waals surface area contributed by atoms with E-state index in [9.17, 15) is 0 Å². The van der Waals surface area contributed by atoms with Crippen LogP contribution in [-0.4, -0.2) is 13.7 Å². The van der Waals surface area contributed by atoms with Crippen LogP contribution in [0.5, 0.6) is 0 Å². The molecule has 58 heavy (non-hydrogen) atoms. The monoisotopic (exact) mass is 755 g/mol. The van der Waals surface area contributed by atoms with Crippen molar-refractivity contribution >= 4 is 92.2 Å². The van der Waals surface area contributed by atoms with Crippen LogP contribution in [0.25, 0.3) is 92.2 Å². The predicted octanol–water partition coefficient (Wildman–Crippen LogP) is 15.2. The zero-order valence-electron chi connectivity index (χ0n) is 34.8. The number of fused-ring (bicyclic) bond motifs is 5. The van der Waals surface area contributed by atoms with Crippen molar-refractivity contribution in [2.24, 2.45) is 0 Å². The van der Waals surface area contributed by atoms with Crippen LogP contribution in [0.2, 0.25) is 0 Å². The lowest BCUT2D eigenvalue weighted by atomic mass is 10.0. The highest BCUT2D eigenvalue weighted by Gasteiger charge is 2.14. The van der Waals surface area contributed by atoms with Crippen molar-refractivity contribution in [3.63, 3.8) is 0 Å². The number of para-hydroxylation sites is 2. The minimum atomic E-state index is 0.896. The molecule has 0 fully saturated rings. The van der Waals surface area contributed by atoms with E-state index in [0.717, 1.165) is 36.3 Å². The van der Waals surface area contributed by atoms with Crippen LogP contribution >= 0.6 is 0 Å². The standard InChI is InChI=1S/C55H53N3/c1-8-17-45-49-36-40(28-30-54(49)57(11-4)51(45)9-2)24-26-43-33-42(23-22-38(6)32-48-39(7)56(10-3)52-20-15-13-18-46(48)52)34-44(35-43)27-25-41-29-31-55-50(37-41)47-19-14-16-21-53(47)58(55)12-5/h8-9,13-37H,2,10-12H2,1,3-7H3/b17-8-,23-22+,26-24+,27-25+,38-32+. The summed E-state index contributed by atoms with van der Waals surface area (Å²) in [6.45, 7) is 20.1. The van der Waals surface area contributed by atoms with Crippen LogP contribution in [0.1, 0.15) is 85.0 Å². The number of hydrogen-bond donors (Lipinski definition) is 0. The summed E-state index contributed by atoms with van der Waals surface area (Å²) in [5.74, 6) is 0. The van der Waals surface area contributed by atoms with E-state index >= 15 is 0 Å². The zero-order valence-corrected chi connectivity index (χ0v) is 34.8. The maximum Gasteiger partial charge on any atom is 0.0491 e. The predicted molar refractivity (Wildman–Crippen MR) is 257 cm³/mol. The molecular weight excluding hydrogens is 703 g/mol. The smallest absolute Gasteiger partial charge is 0.0491 e. The third-order valence-corrected chi connectivity index (χ3v) is 11.6. The fourth-order valence-electron chi connectivity index (χ4n) is 8.87. The number of aromatic nitrogens is 3. The third-order valence-electron chi connectivity index (χ3n) is 11.6. The van der Waals surface area contributed by atoms with Gasteiger partial charge < -0.3 is 13.7 Å². The third kappa shape index (κ3) is 7.14. The van der Waals surface area contributed by atoms with Gasteiger partial charge in [-0.15, -0.1) is 0 Å². The van der Waals surface area contributed by atoms with E-state index in [0.29, 0.717) is 0 Å². The molecule has 8 rings (SSSR count). The van der Waals surface area contributed by atoms with Gasteiger partial charge in [0.25, 0.3) is 0 Å². The Kier molecular flexibility index (Phi) is 10.9. The number of hydrogen-bond acceptors (Lipinski definition) is 0. The Morgan fingerprint density at radius 1 is 0.517 bits per heavy atom. The van der Waals surface area contributed by atoms with Crippen LogP contribution in [0.3, 0.4) is 0 Å². The van der Waals surface area contributed by atoms with Gasteiger partial charge in [-0.1, -0.05) is 109 Å². The quantitative estimate of drug-likeness (QED) is 0.0871. The average Bonchev–Trinajstić information content (AvgIpc) is 3.84. The number of benzene rings is 5. The minimum Gasteiger partial charge on any atom is -0.345 e. The van der Waals surface area contributed by atoms with Gasteiger partial charge in [-0.25, -0.2) is 0 Å². The second-order valence-corrected chi connectivity index (χ2v) is 15.1. The van der Waals surface area contributed by atoms with E-state index in [2.05, 4.69) is 220 Å². The highest BCUT2D eigenvalue weighted by molar-refractivity contribution is 6.09. The molecule has 0 N–H and O–H groups in total. The summed E-state index contributed by atoms with van der Waals surface area (Å²) in [4.78, 5) is 0. The van der Waals surface area contributed by atoms with E-state index in [1.807, 2.05) is 6.08 Å². The topological polar surface area (TPSA) is 14.8 Å². The van der Waals surface area contributed by atoms with Gasteiger partial charge in [0.15, 0.2) is 0 Å². The van der Waals surface area contributed by atoms with Crippen molar-refractivity contribution in [2.45, 2.75) is 61.2 Å². The summed E-state index contributed by atoms with van der Waals surface area (Å²) in [6, 6.07) is 37.9. The molecule has 0 aliphatic carbocycles. The van der Waals surface area contributed by atoms with Crippen molar-refractivity contribution in [1.82, 2.24) is 13.7 Å². The fraction of sp³-hybridized carbons (Fsp3) is 0.164. The largest absolute Gasteiger partial charge is 0.345 e. The molecule has 0 amide bonds. The number of aryl methyl sites for hydroxylation is 3. The van der Waals surface area contributed by atoms with Crippen LogP contribution in [0.15, 0.2) is 127 Å². The van der Waals surface area contributed by atoms with Crippen molar-refractivity contribution in [1.29, 1.82) is 0 Å². The van der Waals surface area contributed by atoms with Crippen LogP contribution in [-0.2, 0) is 19.6 Å². The Morgan fingerprint density at radius 3 is 1.64 bits per heavy atom. The molecule has 5 aromatic carbocycles. The van der Waals surface area contributed by atoms with Crippen molar-refractivity contribution < 1.29 is 0 Å². The Hall–Kier alpha value is -6.58. The fourth-order valence-corrected chi connectivity index (χ4v) is 8.87. The molecule has 288 valence electrons. The molecule has 0 spiro atoms. The highest BCUT2D eigenvalue weighted by Crippen LogP contribution is 2.33. The van der Waals surface area contributed by atoms with Gasteiger partial charge in [-0.2, -0.15) is 0 Å². The Balaban J connectivity index is 1.17. The molecule has 8 aromatic rings. The van der Waals surface area contributed by atoms with Crippen LogP contribution in [0, 0.1) is 6.92 Å². The van der Waals surface area contributed by atoms with Gasteiger partial charge >= 0.3 is 0 Å². The summed E-state index contributed by atoms with van der Waals surface area (Å²) in [5.41, 5.74) is 17.1.